The number of phosphoric ester groups is 1. The van der Waals surface area contributed by atoms with Crippen molar-refractivity contribution in [2.24, 2.45) is 5.73 Å². The number of ether oxygens (including phenoxy) is 2. The molecule has 10 heteroatoms. The van der Waals surface area contributed by atoms with Crippen LogP contribution in [-0.2, 0) is 32.7 Å². The molecule has 2 atom stereocenters. The maximum atomic E-state index is 12.7. The maximum absolute atomic E-state index is 12.7. The number of carbonyl (C=O) groups excluding carboxylic acids is 2. The maximum Gasteiger partial charge on any atom is 0.472 e. The Morgan fingerprint density at radius 3 is 0.813 bits per heavy atom. The monoisotopic (exact) mass is 1080 g/mol. The van der Waals surface area contributed by atoms with Crippen LogP contribution >= 0.6 is 7.82 Å². The Morgan fingerprint density at radius 2 is 0.573 bits per heavy atom. The molecule has 0 spiro atoms. The highest BCUT2D eigenvalue weighted by Crippen LogP contribution is 2.43. The molecule has 0 saturated heterocycles. The summed E-state index contributed by atoms with van der Waals surface area (Å²) >= 11 is 0. The largest absolute Gasteiger partial charge is 0.472 e. The van der Waals surface area contributed by atoms with Crippen LogP contribution in [0.15, 0.2) is 0 Å². The second-order valence-electron chi connectivity index (χ2n) is 23.1. The van der Waals surface area contributed by atoms with Crippen molar-refractivity contribution in [2.45, 2.75) is 380 Å². The van der Waals surface area contributed by atoms with Gasteiger partial charge in [-0.25, -0.2) is 4.57 Å². The normalized spacial score (nSPS) is 12.9. The summed E-state index contributed by atoms with van der Waals surface area (Å²) < 4.78 is 33.1. The van der Waals surface area contributed by atoms with Gasteiger partial charge in [-0.05, 0) is 12.8 Å². The third-order valence-corrected chi connectivity index (χ3v) is 16.5. The molecule has 2 unspecified atom stereocenters. The second kappa shape index (κ2) is 62.2. The molecule has 0 aromatic heterocycles. The van der Waals surface area contributed by atoms with Gasteiger partial charge >= 0.3 is 19.8 Å². The molecule has 0 radical (unpaired) electrons. The SMILES string of the molecule is CCCCCCCCCCCCCCCCCCCCCCCCCCCCCCCCCCC(=O)OC(COC(=O)CCCCCCCCCCCCCCCCCCCCCCCC)COP(=O)(O)OCCN. The first-order valence-electron chi connectivity index (χ1n) is 33.5. The van der Waals surface area contributed by atoms with Crippen LogP contribution in [0.1, 0.15) is 373 Å². The predicted molar refractivity (Wildman–Crippen MR) is 322 cm³/mol. The standard InChI is InChI=1S/C65H130NO8P/c1-3-5-7-9-11-13-15-17-19-21-23-25-27-28-29-30-31-32-33-34-35-36-38-40-42-44-46-48-50-52-54-56-58-65(68)74-63(62-73-75(69,70)72-60-59-66)61-71-64(67)57-55-53-51-49-47-45-43-41-39-37-26-24-22-20-18-16-14-12-10-8-6-4-2/h63H,3-62,66H2,1-2H3,(H,69,70). The van der Waals surface area contributed by atoms with E-state index in [0.717, 1.165) is 32.1 Å². The Balaban J connectivity index is 3.80. The van der Waals surface area contributed by atoms with Crippen LogP contribution in [0.5, 0.6) is 0 Å². The van der Waals surface area contributed by atoms with Gasteiger partial charge in [0.1, 0.15) is 6.61 Å². The number of rotatable bonds is 65. The summed E-state index contributed by atoms with van der Waals surface area (Å²) in [5.41, 5.74) is 5.40. The number of hydrogen-bond donors (Lipinski definition) is 2. The lowest BCUT2D eigenvalue weighted by Crippen LogP contribution is -2.29. The Bertz CT molecular complexity index is 1190. The molecule has 0 saturated carbocycles. The highest BCUT2D eigenvalue weighted by molar-refractivity contribution is 7.47. The molecule has 75 heavy (non-hydrogen) atoms. The van der Waals surface area contributed by atoms with Crippen LogP contribution in [0.25, 0.3) is 0 Å². The van der Waals surface area contributed by atoms with Crippen molar-refractivity contribution in [3.05, 3.63) is 0 Å². The van der Waals surface area contributed by atoms with E-state index in [9.17, 15) is 19.0 Å². The topological polar surface area (TPSA) is 134 Å². The Hall–Kier alpha value is -0.990. The van der Waals surface area contributed by atoms with Crippen molar-refractivity contribution in [3.63, 3.8) is 0 Å². The van der Waals surface area contributed by atoms with Gasteiger partial charge in [0.05, 0.1) is 13.2 Å². The summed E-state index contributed by atoms with van der Waals surface area (Å²) in [6, 6.07) is 0. The van der Waals surface area contributed by atoms with E-state index in [4.69, 9.17) is 24.3 Å². The zero-order valence-electron chi connectivity index (χ0n) is 50.3. The first kappa shape index (κ1) is 74.0. The number of unbranched alkanes of at least 4 members (excludes halogenated alkanes) is 52. The Labute approximate surface area is 467 Å². The quantitative estimate of drug-likeness (QED) is 0.0347. The summed E-state index contributed by atoms with van der Waals surface area (Å²) in [5, 5.41) is 0. The van der Waals surface area contributed by atoms with Gasteiger partial charge in [-0.1, -0.05) is 348 Å². The van der Waals surface area contributed by atoms with Crippen LogP contribution in [0, 0.1) is 0 Å². The fourth-order valence-electron chi connectivity index (χ4n) is 10.5. The van der Waals surface area contributed by atoms with Gasteiger partial charge in [0.2, 0.25) is 0 Å². The van der Waals surface area contributed by atoms with Crippen LogP contribution in [0.2, 0.25) is 0 Å². The van der Waals surface area contributed by atoms with E-state index in [0.29, 0.717) is 12.8 Å². The summed E-state index contributed by atoms with van der Waals surface area (Å²) in [4.78, 5) is 35.3. The molecule has 0 aliphatic heterocycles. The summed E-state index contributed by atoms with van der Waals surface area (Å²) in [5.74, 6) is -0.799. The van der Waals surface area contributed by atoms with Crippen molar-refractivity contribution in [2.75, 3.05) is 26.4 Å². The molecule has 0 fully saturated rings. The minimum Gasteiger partial charge on any atom is -0.462 e. The molecule has 9 nitrogen and oxygen atoms in total. The number of nitrogens with two attached hydrogens (primary N) is 1. The van der Waals surface area contributed by atoms with Crippen molar-refractivity contribution in [1.29, 1.82) is 0 Å². The van der Waals surface area contributed by atoms with Crippen molar-refractivity contribution in [3.8, 4) is 0 Å². The molecular formula is C65H130NO8P. The molecule has 0 aromatic carbocycles. The van der Waals surface area contributed by atoms with Gasteiger partial charge in [0, 0.05) is 19.4 Å². The smallest absolute Gasteiger partial charge is 0.462 e. The van der Waals surface area contributed by atoms with Crippen LogP contribution in [-0.4, -0.2) is 49.3 Å². The highest BCUT2D eigenvalue weighted by atomic mass is 31.2. The highest BCUT2D eigenvalue weighted by Gasteiger charge is 2.26. The fourth-order valence-corrected chi connectivity index (χ4v) is 11.3. The lowest BCUT2D eigenvalue weighted by Gasteiger charge is -2.19. The van der Waals surface area contributed by atoms with E-state index in [2.05, 4.69) is 13.8 Å². The molecule has 3 N–H and O–H groups in total. The average molecular weight is 1080 g/mol. The summed E-state index contributed by atoms with van der Waals surface area (Å²) in [7, 11) is -4.38. The van der Waals surface area contributed by atoms with Gasteiger partial charge in [0.25, 0.3) is 0 Å². The minimum absolute atomic E-state index is 0.0588. The zero-order chi connectivity index (χ0) is 54.5. The number of hydrogen-bond acceptors (Lipinski definition) is 8. The van der Waals surface area contributed by atoms with E-state index >= 15 is 0 Å². The molecule has 0 aromatic rings. The third-order valence-electron chi connectivity index (χ3n) is 15.5. The lowest BCUT2D eigenvalue weighted by molar-refractivity contribution is -0.161. The van der Waals surface area contributed by atoms with E-state index in [-0.39, 0.29) is 32.1 Å². The minimum atomic E-state index is -4.38. The molecule has 448 valence electrons. The van der Waals surface area contributed by atoms with E-state index < -0.39 is 26.5 Å². The first-order chi connectivity index (χ1) is 36.8. The van der Waals surface area contributed by atoms with E-state index in [1.165, 1.54) is 308 Å². The molecular weight excluding hydrogens is 954 g/mol. The van der Waals surface area contributed by atoms with Crippen LogP contribution in [0.3, 0.4) is 0 Å². The number of phosphoric acid groups is 1. The summed E-state index contributed by atoms with van der Waals surface area (Å²) in [6.07, 6.45) is 72.0. The van der Waals surface area contributed by atoms with Gasteiger partial charge < -0.3 is 20.1 Å². The van der Waals surface area contributed by atoms with E-state index in [1.807, 2.05) is 0 Å². The molecule has 0 amide bonds. The second-order valence-corrected chi connectivity index (χ2v) is 24.5. The third kappa shape index (κ3) is 62.1. The van der Waals surface area contributed by atoms with Gasteiger partial charge in [-0.2, -0.15) is 0 Å². The van der Waals surface area contributed by atoms with Gasteiger partial charge in [-0.3, -0.25) is 18.6 Å². The molecule has 0 heterocycles. The van der Waals surface area contributed by atoms with Crippen molar-refractivity contribution < 1.29 is 37.6 Å². The Kier molecular flexibility index (Phi) is 61.4. The van der Waals surface area contributed by atoms with Crippen molar-refractivity contribution in [1.82, 2.24) is 0 Å². The summed E-state index contributed by atoms with van der Waals surface area (Å²) in [6.45, 7) is 3.84. The molecule has 0 bridgehead atoms. The first-order valence-corrected chi connectivity index (χ1v) is 35.0. The fraction of sp³-hybridized carbons (Fsp3) is 0.969. The van der Waals surface area contributed by atoms with Gasteiger partial charge in [0.15, 0.2) is 6.10 Å². The zero-order valence-corrected chi connectivity index (χ0v) is 51.2. The van der Waals surface area contributed by atoms with Crippen LogP contribution in [0.4, 0.5) is 0 Å². The number of carbonyl (C=O) groups is 2. The average Bonchev–Trinajstić information content (AvgIpc) is 3.40. The lowest BCUT2D eigenvalue weighted by atomic mass is 10.0. The number of esters is 2. The van der Waals surface area contributed by atoms with Crippen LogP contribution < -0.4 is 5.73 Å². The van der Waals surface area contributed by atoms with Crippen molar-refractivity contribution >= 4 is 19.8 Å². The molecule has 0 rings (SSSR count). The molecule has 0 aliphatic rings. The molecule has 0 aliphatic carbocycles. The predicted octanol–water partition coefficient (Wildman–Crippen LogP) is 21.4. The van der Waals surface area contributed by atoms with Gasteiger partial charge in [-0.15, -0.1) is 0 Å². The van der Waals surface area contributed by atoms with E-state index in [1.54, 1.807) is 0 Å². The Morgan fingerprint density at radius 1 is 0.347 bits per heavy atom.